The van der Waals surface area contributed by atoms with Gasteiger partial charge in [-0.3, -0.25) is 0 Å². The fourth-order valence-corrected chi connectivity index (χ4v) is 13.9. The average molecular weight is 583 g/mol. The minimum atomic E-state index is -4.39. The molecule has 0 atom stereocenters. The van der Waals surface area contributed by atoms with Crippen molar-refractivity contribution in [2.45, 2.75) is 18.0 Å². The van der Waals surface area contributed by atoms with E-state index in [1.165, 1.54) is 7.11 Å². The van der Waals surface area contributed by atoms with E-state index in [4.69, 9.17) is 8.71 Å². The Morgan fingerprint density at radius 3 is 1.61 bits per heavy atom. The van der Waals surface area contributed by atoms with Gasteiger partial charge in [-0.15, -0.1) is 0 Å². The number of methoxy groups -OCH3 is 1. The first-order valence-electron chi connectivity index (χ1n) is 13.2. The summed E-state index contributed by atoms with van der Waals surface area (Å²) in [5, 5.41) is 2.24. The Labute approximate surface area is 241 Å². The monoisotopic (exact) mass is 582 g/mol. The molecule has 0 unspecified atom stereocenters. The van der Waals surface area contributed by atoms with E-state index in [1.54, 1.807) is 42.5 Å². The summed E-state index contributed by atoms with van der Waals surface area (Å²) in [6.45, 7) is -2.49. The van der Waals surface area contributed by atoms with E-state index in [0.717, 1.165) is 27.0 Å². The summed E-state index contributed by atoms with van der Waals surface area (Å²) in [6.07, 6.45) is 0.180. The van der Waals surface area contributed by atoms with Crippen molar-refractivity contribution in [1.82, 2.24) is 0 Å². The number of benzene rings is 5. The third-order valence-corrected chi connectivity index (χ3v) is 15.4. The van der Waals surface area contributed by atoms with Crippen LogP contribution in [0.1, 0.15) is 21.5 Å². The van der Waals surface area contributed by atoms with Crippen LogP contribution in [0.25, 0.3) is 0 Å². The number of aryl methyl sites for hydroxylation is 1. The standard InChI is InChI=1S/C34H31O5PS/c1-27-21-23-33(24-22-27)41(36,37)39-40(30-15-6-3-7-16-30,31-17-8-4-9-18-31,32-19-10-5-11-20-32)26-28-13-12-14-29(25-28)34(35)38-2/h3-25H,26H2,1-2H3. The van der Waals surface area contributed by atoms with E-state index < -0.39 is 22.9 Å². The van der Waals surface area contributed by atoms with Crippen molar-refractivity contribution < 1.29 is 21.9 Å². The van der Waals surface area contributed by atoms with Crippen LogP contribution >= 0.6 is 6.83 Å². The zero-order chi connectivity index (χ0) is 29.0. The van der Waals surface area contributed by atoms with Crippen LogP contribution in [0.2, 0.25) is 0 Å². The molecule has 0 aliphatic heterocycles. The van der Waals surface area contributed by atoms with Gasteiger partial charge in [-0.25, -0.2) is 0 Å². The molecular weight excluding hydrogens is 551 g/mol. The van der Waals surface area contributed by atoms with E-state index in [2.05, 4.69) is 0 Å². The first-order valence-corrected chi connectivity index (χ1v) is 16.9. The predicted molar refractivity (Wildman–Crippen MR) is 166 cm³/mol. The van der Waals surface area contributed by atoms with E-state index >= 15 is 0 Å². The Bertz CT molecular complexity index is 1660. The summed E-state index contributed by atoms with van der Waals surface area (Å²) in [6, 6.07) is 42.5. The number of hydrogen-bond donors (Lipinski definition) is 0. The van der Waals surface area contributed by atoms with Crippen LogP contribution < -0.4 is 15.9 Å². The molecule has 0 saturated carbocycles. The quantitative estimate of drug-likeness (QED) is 0.155. The fraction of sp³-hybridized carbons (Fsp3) is 0.0882. The Morgan fingerprint density at radius 2 is 1.15 bits per heavy atom. The van der Waals surface area contributed by atoms with Gasteiger partial charge in [-0.1, -0.05) is 0 Å². The van der Waals surface area contributed by atoms with Crippen LogP contribution in [-0.2, 0) is 25.0 Å². The van der Waals surface area contributed by atoms with Crippen LogP contribution in [0.3, 0.4) is 0 Å². The molecule has 5 aromatic rings. The SMILES string of the molecule is COC(=O)c1cccc(CP(OS(=O)(=O)c2ccc(C)cc2)(c2ccccc2)(c2ccccc2)c2ccccc2)c1. The van der Waals surface area contributed by atoms with Gasteiger partial charge in [0.1, 0.15) is 0 Å². The number of esters is 1. The van der Waals surface area contributed by atoms with Gasteiger partial charge in [-0.2, -0.15) is 0 Å². The second-order valence-corrected chi connectivity index (χ2v) is 16.2. The molecule has 7 heteroatoms. The van der Waals surface area contributed by atoms with Gasteiger partial charge in [-0.05, 0) is 0 Å². The second kappa shape index (κ2) is 11.4. The van der Waals surface area contributed by atoms with Crippen molar-refractivity contribution >= 4 is 38.8 Å². The summed E-state index contributed by atoms with van der Waals surface area (Å²) in [4.78, 5) is 12.6. The first-order chi connectivity index (χ1) is 19.8. The summed E-state index contributed by atoms with van der Waals surface area (Å²) < 4.78 is 40.8. The van der Waals surface area contributed by atoms with E-state index in [-0.39, 0.29) is 11.1 Å². The van der Waals surface area contributed by atoms with Crippen molar-refractivity contribution in [2.75, 3.05) is 7.11 Å². The summed E-state index contributed by atoms with van der Waals surface area (Å²) in [5.74, 6) is -0.473. The number of carbonyl (C=O) groups is 1. The van der Waals surface area contributed by atoms with Crippen LogP contribution in [0.15, 0.2) is 144 Å². The molecule has 5 aromatic carbocycles. The molecule has 0 N–H and O–H groups in total. The first kappa shape index (κ1) is 28.4. The van der Waals surface area contributed by atoms with Crippen LogP contribution in [0.5, 0.6) is 0 Å². The molecule has 0 fully saturated rings. The van der Waals surface area contributed by atoms with Crippen molar-refractivity contribution in [1.29, 1.82) is 0 Å². The zero-order valence-electron chi connectivity index (χ0n) is 22.9. The molecule has 0 saturated heterocycles. The van der Waals surface area contributed by atoms with Crippen molar-refractivity contribution in [3.05, 3.63) is 156 Å². The Hall–Kier alpha value is -4.09. The van der Waals surface area contributed by atoms with Gasteiger partial charge in [0.25, 0.3) is 0 Å². The van der Waals surface area contributed by atoms with Gasteiger partial charge >= 0.3 is 242 Å². The molecule has 0 aliphatic carbocycles. The van der Waals surface area contributed by atoms with Gasteiger partial charge in [0.15, 0.2) is 0 Å². The summed E-state index contributed by atoms with van der Waals surface area (Å²) >= 11 is 0. The van der Waals surface area contributed by atoms with Gasteiger partial charge in [0.05, 0.1) is 0 Å². The summed E-state index contributed by atoms with van der Waals surface area (Å²) in [7, 11) is -2.98. The van der Waals surface area contributed by atoms with Crippen LogP contribution in [0.4, 0.5) is 0 Å². The van der Waals surface area contributed by atoms with E-state index in [1.807, 2.05) is 104 Å². The molecule has 208 valence electrons. The van der Waals surface area contributed by atoms with E-state index in [0.29, 0.717) is 5.56 Å². The van der Waals surface area contributed by atoms with Crippen molar-refractivity contribution in [2.24, 2.45) is 0 Å². The molecular formula is C34H31O5PS. The number of ether oxygens (including phenoxy) is 1. The topological polar surface area (TPSA) is 69.7 Å². The fourth-order valence-electron chi connectivity index (χ4n) is 5.33. The zero-order valence-corrected chi connectivity index (χ0v) is 24.6. The van der Waals surface area contributed by atoms with Gasteiger partial charge in [0.2, 0.25) is 0 Å². The van der Waals surface area contributed by atoms with Gasteiger partial charge in [0, 0.05) is 0 Å². The Balaban J connectivity index is 1.92. The third-order valence-electron chi connectivity index (χ3n) is 7.31. The predicted octanol–water partition coefficient (Wildman–Crippen LogP) is 6.13. The second-order valence-electron chi connectivity index (χ2n) is 9.91. The molecule has 0 spiro atoms. The maximum atomic E-state index is 14.4. The van der Waals surface area contributed by atoms with Crippen LogP contribution in [-0.4, -0.2) is 21.5 Å². The average Bonchev–Trinajstić information content (AvgIpc) is 3.02. The van der Waals surface area contributed by atoms with Gasteiger partial charge < -0.3 is 0 Å². The van der Waals surface area contributed by atoms with E-state index in [9.17, 15) is 13.2 Å². The van der Waals surface area contributed by atoms with Crippen molar-refractivity contribution in [3.8, 4) is 0 Å². The normalized spacial score (nSPS) is 12.7. The Kier molecular flexibility index (Phi) is 7.92. The molecule has 0 amide bonds. The molecule has 41 heavy (non-hydrogen) atoms. The number of carbonyl (C=O) groups excluding carboxylic acids is 1. The third kappa shape index (κ3) is 5.22. The number of rotatable bonds is 9. The van der Waals surface area contributed by atoms with Crippen LogP contribution in [0, 0.1) is 6.92 Å². The molecule has 5 rings (SSSR count). The summed E-state index contributed by atoms with van der Waals surface area (Å²) in [5.41, 5.74) is 2.05. The van der Waals surface area contributed by atoms with Crippen molar-refractivity contribution in [3.63, 3.8) is 0 Å². The Morgan fingerprint density at radius 1 is 0.659 bits per heavy atom. The molecule has 0 aromatic heterocycles. The maximum absolute atomic E-state index is 14.4. The molecule has 5 nitrogen and oxygen atoms in total. The minimum absolute atomic E-state index is 0.0724. The molecule has 0 heterocycles. The molecule has 0 aliphatic rings. The molecule has 0 bridgehead atoms. The molecule has 0 radical (unpaired) electrons. The number of hydrogen-bond acceptors (Lipinski definition) is 5.